The Morgan fingerprint density at radius 1 is 0.148 bits per heavy atom. The Bertz CT molecular complexity index is 4310. The Labute approximate surface area is 475 Å². The van der Waals surface area contributed by atoms with Crippen LogP contribution in [-0.4, -0.2) is 0 Å². The average Bonchev–Trinajstić information content (AvgIpc) is 3.54. The van der Waals surface area contributed by atoms with Crippen LogP contribution in [-0.2, 0) is 0 Å². The molecule has 3 N–H and O–H groups in total. The zero-order valence-electron chi connectivity index (χ0n) is 44.8. The molecular formula is C78H59N3. The third-order valence-electron chi connectivity index (χ3n) is 14.5. The van der Waals surface area contributed by atoms with E-state index in [1.807, 2.05) is 30.3 Å². The Morgan fingerprint density at radius 3 is 0.988 bits per heavy atom. The summed E-state index contributed by atoms with van der Waals surface area (Å²) in [5.41, 5.74) is 18.9. The van der Waals surface area contributed by atoms with Crippen molar-refractivity contribution >= 4 is 66.4 Å². The van der Waals surface area contributed by atoms with Gasteiger partial charge in [-0.3, -0.25) is 0 Å². The van der Waals surface area contributed by atoms with Crippen molar-refractivity contribution in [3.63, 3.8) is 0 Å². The molecule has 0 amide bonds. The maximum absolute atomic E-state index is 3.54. The van der Waals surface area contributed by atoms with Crippen LogP contribution >= 0.6 is 0 Å². The monoisotopic (exact) mass is 1040 g/mol. The summed E-state index contributed by atoms with van der Waals surface area (Å²) in [6, 6.07) is 119. The van der Waals surface area contributed by atoms with Crippen LogP contribution in [0.25, 0.3) is 88.0 Å². The molecule has 386 valence electrons. The summed E-state index contributed by atoms with van der Waals surface area (Å²) < 4.78 is 0. The number of para-hydroxylation sites is 1. The normalized spacial score (nSPS) is 10.7. The first kappa shape index (κ1) is 51.0. The Kier molecular flexibility index (Phi) is 15.6. The summed E-state index contributed by atoms with van der Waals surface area (Å²) in [5, 5.41) is 18.1. The quantitative estimate of drug-likeness (QED) is 0.121. The summed E-state index contributed by atoms with van der Waals surface area (Å²) >= 11 is 0. The minimum Gasteiger partial charge on any atom is -0.356 e. The molecule has 14 aromatic rings. The molecule has 81 heavy (non-hydrogen) atoms. The molecule has 0 atom stereocenters. The van der Waals surface area contributed by atoms with Gasteiger partial charge >= 0.3 is 0 Å². The number of benzene rings is 14. The number of nitrogens with one attached hydrogen (secondary N) is 3. The largest absolute Gasteiger partial charge is 0.356 e. The number of hydrogen-bond donors (Lipinski definition) is 3. The molecule has 14 aromatic carbocycles. The Morgan fingerprint density at radius 2 is 0.457 bits per heavy atom. The van der Waals surface area contributed by atoms with Crippen molar-refractivity contribution in [2.45, 2.75) is 0 Å². The summed E-state index contributed by atoms with van der Waals surface area (Å²) in [7, 11) is 0. The standard InChI is InChI=1S/2C28H21N.C22H17N/c1-2-8-21(9-3-1)22-16-18-25(19-17-22)29-26-13-6-12-24(20-26)28-15-7-11-23-10-4-5-14-27(23)28;1-2-7-21(8-3-1)23-15-17-27(18-16-23)29-28-12-6-11-25(20-28)26-14-13-22-9-4-5-10-24(22)19-26;1-2-9-19(10-3-1)23-20-15-13-18(14-16-20)22-12-6-8-17-7-4-5-11-21(17)22/h2*1-20,29H;1-16,23H. The van der Waals surface area contributed by atoms with Crippen LogP contribution in [0, 0.1) is 0 Å². The van der Waals surface area contributed by atoms with E-state index in [1.54, 1.807) is 0 Å². The fraction of sp³-hybridized carbons (Fsp3) is 0. The zero-order valence-corrected chi connectivity index (χ0v) is 44.8. The lowest BCUT2D eigenvalue weighted by molar-refractivity contribution is 1.53. The average molecular weight is 1040 g/mol. The molecule has 0 heterocycles. The molecule has 0 bridgehead atoms. The van der Waals surface area contributed by atoms with Crippen molar-refractivity contribution in [3.05, 3.63) is 340 Å². The molecule has 0 aliphatic rings. The van der Waals surface area contributed by atoms with E-state index in [9.17, 15) is 0 Å². The second kappa shape index (κ2) is 24.7. The predicted octanol–water partition coefficient (Wildman–Crippen LogP) is 22.1. The van der Waals surface area contributed by atoms with E-state index in [2.05, 4.69) is 325 Å². The van der Waals surface area contributed by atoms with Gasteiger partial charge in [0.2, 0.25) is 0 Å². The van der Waals surface area contributed by atoms with E-state index in [-0.39, 0.29) is 0 Å². The van der Waals surface area contributed by atoms with E-state index in [0.717, 1.165) is 34.1 Å². The Balaban J connectivity index is 0.000000122. The minimum absolute atomic E-state index is 1.08. The summed E-state index contributed by atoms with van der Waals surface area (Å²) in [5.74, 6) is 0. The molecule has 0 saturated carbocycles. The van der Waals surface area contributed by atoms with Gasteiger partial charge < -0.3 is 16.0 Å². The molecule has 0 unspecified atom stereocenters. The van der Waals surface area contributed by atoms with E-state index in [1.165, 1.54) is 88.0 Å². The van der Waals surface area contributed by atoms with Crippen LogP contribution in [0.2, 0.25) is 0 Å². The molecule has 0 spiro atoms. The van der Waals surface area contributed by atoms with Crippen molar-refractivity contribution in [3.8, 4) is 55.6 Å². The minimum atomic E-state index is 1.08. The van der Waals surface area contributed by atoms with Crippen LogP contribution < -0.4 is 16.0 Å². The molecule has 0 aliphatic carbocycles. The first-order valence-corrected chi connectivity index (χ1v) is 27.5. The third-order valence-corrected chi connectivity index (χ3v) is 14.5. The molecule has 3 nitrogen and oxygen atoms in total. The summed E-state index contributed by atoms with van der Waals surface area (Å²) in [6.07, 6.45) is 0. The molecule has 0 aromatic heterocycles. The van der Waals surface area contributed by atoms with Crippen molar-refractivity contribution in [1.29, 1.82) is 0 Å². The molecule has 14 rings (SSSR count). The van der Waals surface area contributed by atoms with Gasteiger partial charge in [-0.25, -0.2) is 0 Å². The molecule has 0 aliphatic heterocycles. The third kappa shape index (κ3) is 12.7. The topological polar surface area (TPSA) is 36.1 Å². The summed E-state index contributed by atoms with van der Waals surface area (Å²) in [4.78, 5) is 0. The van der Waals surface area contributed by atoms with Crippen LogP contribution in [0.15, 0.2) is 340 Å². The van der Waals surface area contributed by atoms with Gasteiger partial charge in [0.05, 0.1) is 0 Å². The van der Waals surface area contributed by atoms with E-state index in [4.69, 9.17) is 0 Å². The lowest BCUT2D eigenvalue weighted by atomic mass is 9.98. The molecular weight excluding hydrogens is 979 g/mol. The van der Waals surface area contributed by atoms with Gasteiger partial charge in [0, 0.05) is 34.1 Å². The van der Waals surface area contributed by atoms with Crippen LogP contribution in [0.1, 0.15) is 0 Å². The Hall–Kier alpha value is -10.7. The lowest BCUT2D eigenvalue weighted by Gasteiger charge is -2.11. The fourth-order valence-corrected chi connectivity index (χ4v) is 10.4. The van der Waals surface area contributed by atoms with Gasteiger partial charge in [-0.1, -0.05) is 261 Å². The van der Waals surface area contributed by atoms with Crippen LogP contribution in [0.4, 0.5) is 34.1 Å². The van der Waals surface area contributed by atoms with Gasteiger partial charge in [-0.2, -0.15) is 0 Å². The fourth-order valence-electron chi connectivity index (χ4n) is 10.4. The predicted molar refractivity (Wildman–Crippen MR) is 348 cm³/mol. The van der Waals surface area contributed by atoms with Crippen molar-refractivity contribution < 1.29 is 0 Å². The van der Waals surface area contributed by atoms with Crippen molar-refractivity contribution in [2.75, 3.05) is 16.0 Å². The smallest absolute Gasteiger partial charge is 0.0390 e. The van der Waals surface area contributed by atoms with Gasteiger partial charge in [0.1, 0.15) is 0 Å². The van der Waals surface area contributed by atoms with Gasteiger partial charge in [-0.05, 0) is 167 Å². The number of rotatable bonds is 11. The van der Waals surface area contributed by atoms with E-state index in [0.29, 0.717) is 0 Å². The van der Waals surface area contributed by atoms with Crippen LogP contribution in [0.3, 0.4) is 0 Å². The second-order valence-electron chi connectivity index (χ2n) is 20.0. The van der Waals surface area contributed by atoms with Gasteiger partial charge in [0.15, 0.2) is 0 Å². The SMILES string of the molecule is c1ccc(-c2ccc(Nc3cccc(-c4ccc5ccccc5c4)c3)cc2)cc1.c1ccc(-c2ccc(Nc3cccc(-c4cccc5ccccc45)c3)cc2)cc1.c1ccc(Nc2ccc(-c3cccc4ccccc34)cc2)cc1. The number of anilines is 6. The first-order chi connectivity index (χ1) is 40.1. The molecule has 0 radical (unpaired) electrons. The molecule has 0 fully saturated rings. The molecule has 3 heteroatoms. The van der Waals surface area contributed by atoms with Gasteiger partial charge in [0.25, 0.3) is 0 Å². The van der Waals surface area contributed by atoms with Crippen molar-refractivity contribution in [1.82, 2.24) is 0 Å². The summed E-state index contributed by atoms with van der Waals surface area (Å²) in [6.45, 7) is 0. The molecule has 0 saturated heterocycles. The van der Waals surface area contributed by atoms with Gasteiger partial charge in [-0.15, -0.1) is 0 Å². The number of hydrogen-bond acceptors (Lipinski definition) is 3. The maximum atomic E-state index is 3.54. The second-order valence-corrected chi connectivity index (χ2v) is 20.0. The first-order valence-electron chi connectivity index (χ1n) is 27.5. The van der Waals surface area contributed by atoms with Crippen LogP contribution in [0.5, 0.6) is 0 Å². The zero-order chi connectivity index (χ0) is 54.4. The van der Waals surface area contributed by atoms with E-state index < -0.39 is 0 Å². The lowest BCUT2D eigenvalue weighted by Crippen LogP contribution is -1.91. The van der Waals surface area contributed by atoms with Crippen molar-refractivity contribution in [2.24, 2.45) is 0 Å². The highest BCUT2D eigenvalue weighted by Crippen LogP contribution is 2.34. The highest BCUT2D eigenvalue weighted by atomic mass is 14.9. The highest BCUT2D eigenvalue weighted by molar-refractivity contribution is 5.98. The number of fused-ring (bicyclic) bond motifs is 3. The highest BCUT2D eigenvalue weighted by Gasteiger charge is 2.08. The van der Waals surface area contributed by atoms with E-state index >= 15 is 0 Å². The maximum Gasteiger partial charge on any atom is 0.0390 e.